The molecule has 17 heavy (non-hydrogen) atoms. The van der Waals surface area contributed by atoms with Crippen LogP contribution < -0.4 is 0 Å². The van der Waals surface area contributed by atoms with Crippen LogP contribution >= 0.6 is 0 Å². The second-order valence-electron chi connectivity index (χ2n) is 2.98. The molecular weight excluding hydrogens is 274 g/mol. The summed E-state index contributed by atoms with van der Waals surface area (Å²) in [5.74, 6) is 0. The second kappa shape index (κ2) is 4.39. The Kier molecular flexibility index (Phi) is 3.50. The average Bonchev–Trinajstić information content (AvgIpc) is 2.14. The molecule has 0 saturated heterocycles. The molecular formula is C7H7NO7S2. The van der Waals surface area contributed by atoms with E-state index < -0.39 is 35.7 Å². The summed E-state index contributed by atoms with van der Waals surface area (Å²) in [6, 6.07) is 3.88. The van der Waals surface area contributed by atoms with Crippen molar-refractivity contribution in [2.75, 3.05) is 6.26 Å². The number of nitrogens with zero attached hydrogens (tertiary/aromatic N) is 1. The highest BCUT2D eigenvalue weighted by molar-refractivity contribution is 7.99. The lowest BCUT2D eigenvalue weighted by atomic mass is 10.3. The third-order valence-electron chi connectivity index (χ3n) is 1.53. The van der Waals surface area contributed by atoms with Gasteiger partial charge in [-0.25, -0.2) is 0 Å². The van der Waals surface area contributed by atoms with Gasteiger partial charge in [0.05, 0.1) is 11.2 Å². The maximum Gasteiger partial charge on any atom is 0.311 e. The summed E-state index contributed by atoms with van der Waals surface area (Å²) in [5.41, 5.74) is -0.483. The fourth-order valence-electron chi connectivity index (χ4n) is 0.955. The maximum atomic E-state index is 11.4. The number of rotatable bonds is 4. The van der Waals surface area contributed by atoms with E-state index in [2.05, 4.69) is 3.63 Å². The molecule has 1 aromatic rings. The van der Waals surface area contributed by atoms with Gasteiger partial charge in [-0.05, 0) is 6.07 Å². The summed E-state index contributed by atoms with van der Waals surface area (Å²) >= 11 is 0. The van der Waals surface area contributed by atoms with Crippen molar-refractivity contribution in [1.29, 1.82) is 0 Å². The van der Waals surface area contributed by atoms with Crippen molar-refractivity contribution in [2.24, 2.45) is 0 Å². The molecule has 0 amide bonds. The van der Waals surface area contributed by atoms with Gasteiger partial charge in [0.15, 0.2) is 0 Å². The Labute approximate surface area is 97.2 Å². The van der Waals surface area contributed by atoms with Crippen LogP contribution in [0.5, 0.6) is 0 Å². The van der Waals surface area contributed by atoms with Gasteiger partial charge in [0, 0.05) is 12.1 Å². The number of hydrogen-bond acceptors (Lipinski definition) is 7. The molecule has 0 spiro atoms. The molecule has 0 N–H and O–H groups in total. The lowest BCUT2D eigenvalue weighted by Crippen LogP contribution is -2.12. The highest BCUT2D eigenvalue weighted by atomic mass is 32.3. The van der Waals surface area contributed by atoms with Crippen LogP contribution in [0.1, 0.15) is 0 Å². The molecule has 8 nitrogen and oxygen atoms in total. The van der Waals surface area contributed by atoms with Crippen LogP contribution in [-0.2, 0) is 23.9 Å². The van der Waals surface area contributed by atoms with Crippen molar-refractivity contribution < 1.29 is 25.4 Å². The zero-order valence-electron chi connectivity index (χ0n) is 8.43. The summed E-state index contributed by atoms with van der Waals surface area (Å²) in [6.45, 7) is 0. The van der Waals surface area contributed by atoms with Crippen LogP contribution in [0, 0.1) is 10.1 Å². The van der Waals surface area contributed by atoms with Crippen LogP contribution in [0.15, 0.2) is 29.2 Å². The van der Waals surface area contributed by atoms with E-state index in [1.165, 1.54) is 0 Å². The highest BCUT2D eigenvalue weighted by Gasteiger charge is 2.23. The monoisotopic (exact) mass is 281 g/mol. The summed E-state index contributed by atoms with van der Waals surface area (Å²) < 4.78 is 48.1. The van der Waals surface area contributed by atoms with Crippen molar-refractivity contribution in [3.8, 4) is 0 Å². The van der Waals surface area contributed by atoms with Crippen LogP contribution in [-0.4, -0.2) is 28.0 Å². The molecule has 0 fully saturated rings. The molecule has 0 radical (unpaired) electrons. The van der Waals surface area contributed by atoms with Gasteiger partial charge >= 0.3 is 10.1 Å². The molecule has 0 atom stereocenters. The standard InChI is InChI=1S/C7H7NO7S2/c1-16(11,12)15-17(13,14)7-4-2-3-6(5-7)8(9)10/h2-5H,1H3. The van der Waals surface area contributed by atoms with E-state index in [4.69, 9.17) is 0 Å². The van der Waals surface area contributed by atoms with Gasteiger partial charge in [-0.1, -0.05) is 6.07 Å². The number of benzene rings is 1. The van der Waals surface area contributed by atoms with Crippen LogP contribution in [0.3, 0.4) is 0 Å². The molecule has 10 heteroatoms. The van der Waals surface area contributed by atoms with E-state index in [0.717, 1.165) is 18.2 Å². The number of nitro groups is 1. The first kappa shape index (κ1) is 13.5. The molecule has 1 rings (SSSR count). The fraction of sp³-hybridized carbons (Fsp3) is 0.143. The Balaban J connectivity index is 3.25. The molecule has 1 aromatic carbocycles. The van der Waals surface area contributed by atoms with E-state index in [9.17, 15) is 26.9 Å². The van der Waals surface area contributed by atoms with Gasteiger partial charge in [0.1, 0.15) is 4.90 Å². The van der Waals surface area contributed by atoms with E-state index in [0.29, 0.717) is 12.3 Å². The number of hydrogen-bond donors (Lipinski definition) is 0. The van der Waals surface area contributed by atoms with E-state index >= 15 is 0 Å². The van der Waals surface area contributed by atoms with E-state index in [-0.39, 0.29) is 0 Å². The molecule has 0 aliphatic carbocycles. The Morgan fingerprint density at radius 1 is 1.24 bits per heavy atom. The summed E-state index contributed by atoms with van der Waals surface area (Å²) in [5, 5.41) is 10.4. The predicted molar refractivity (Wildman–Crippen MR) is 56.2 cm³/mol. The molecule has 94 valence electrons. The zero-order chi connectivity index (χ0) is 13.3. The van der Waals surface area contributed by atoms with Gasteiger partial charge in [-0.2, -0.15) is 16.8 Å². The summed E-state index contributed by atoms with van der Waals surface area (Å²) in [6.07, 6.45) is 0.557. The predicted octanol–water partition coefficient (Wildman–Crippen LogP) is 0.260. The Morgan fingerprint density at radius 2 is 1.82 bits per heavy atom. The molecule has 0 heterocycles. The lowest BCUT2D eigenvalue weighted by molar-refractivity contribution is -0.385. The lowest BCUT2D eigenvalue weighted by Gasteiger charge is -2.02. The molecule has 0 aliphatic heterocycles. The largest absolute Gasteiger partial charge is 0.311 e. The first-order chi connectivity index (χ1) is 7.62. The zero-order valence-corrected chi connectivity index (χ0v) is 10.1. The molecule has 0 saturated carbocycles. The number of non-ortho nitro benzene ring substituents is 1. The minimum Gasteiger partial charge on any atom is -0.258 e. The smallest absolute Gasteiger partial charge is 0.258 e. The second-order valence-corrected chi connectivity index (χ2v) is 6.31. The third kappa shape index (κ3) is 3.76. The Bertz CT molecular complexity index is 647. The number of nitro benzene ring substituents is 1. The van der Waals surface area contributed by atoms with Crippen molar-refractivity contribution in [1.82, 2.24) is 0 Å². The molecule has 0 aliphatic rings. The summed E-state index contributed by atoms with van der Waals surface area (Å²) in [7, 11) is -8.79. The van der Waals surface area contributed by atoms with E-state index in [1.807, 2.05) is 0 Å². The average molecular weight is 281 g/mol. The maximum absolute atomic E-state index is 11.4. The molecule has 0 unspecified atom stereocenters. The van der Waals surface area contributed by atoms with Crippen molar-refractivity contribution in [2.45, 2.75) is 4.90 Å². The van der Waals surface area contributed by atoms with Gasteiger partial charge in [0.25, 0.3) is 15.8 Å². The summed E-state index contributed by atoms with van der Waals surface area (Å²) in [4.78, 5) is 9.01. The minimum atomic E-state index is -4.57. The van der Waals surface area contributed by atoms with Crippen molar-refractivity contribution in [3.63, 3.8) is 0 Å². The normalized spacial score (nSPS) is 12.3. The van der Waals surface area contributed by atoms with Gasteiger partial charge in [0.2, 0.25) is 0 Å². The van der Waals surface area contributed by atoms with Crippen LogP contribution in [0.4, 0.5) is 5.69 Å². The van der Waals surface area contributed by atoms with Crippen LogP contribution in [0.25, 0.3) is 0 Å². The minimum absolute atomic E-state index is 0.483. The quantitative estimate of drug-likeness (QED) is 0.573. The van der Waals surface area contributed by atoms with Crippen molar-refractivity contribution in [3.05, 3.63) is 34.4 Å². The van der Waals surface area contributed by atoms with Crippen molar-refractivity contribution >= 4 is 25.9 Å². The molecule has 0 bridgehead atoms. The van der Waals surface area contributed by atoms with Gasteiger partial charge in [-0.15, -0.1) is 3.63 Å². The van der Waals surface area contributed by atoms with Crippen LogP contribution in [0.2, 0.25) is 0 Å². The third-order valence-corrected chi connectivity index (χ3v) is 4.07. The fourth-order valence-corrected chi connectivity index (χ4v) is 3.08. The Hall–Kier alpha value is -1.52. The first-order valence-electron chi connectivity index (χ1n) is 4.02. The van der Waals surface area contributed by atoms with Gasteiger partial charge in [-0.3, -0.25) is 10.1 Å². The van der Waals surface area contributed by atoms with Gasteiger partial charge < -0.3 is 0 Å². The Morgan fingerprint density at radius 3 is 2.29 bits per heavy atom. The van der Waals surface area contributed by atoms with E-state index in [1.54, 1.807) is 0 Å². The first-order valence-corrected chi connectivity index (χ1v) is 7.25. The SMILES string of the molecule is CS(=O)(=O)OS(=O)(=O)c1cccc([N+](=O)[O-])c1. The molecule has 0 aromatic heterocycles. The topological polar surface area (TPSA) is 121 Å². The highest BCUT2D eigenvalue weighted by Crippen LogP contribution is 2.19.